The SMILES string of the molecule is Cn1c(SCC(=O)N(C2CCCCC2)C2CCCCC2)nnc1-c1ccncc1. The zero-order valence-electron chi connectivity index (χ0n) is 17.3. The van der Waals surface area contributed by atoms with Crippen LogP contribution in [-0.4, -0.2) is 48.4 Å². The van der Waals surface area contributed by atoms with E-state index in [4.69, 9.17) is 0 Å². The second kappa shape index (κ2) is 9.74. The first kappa shape index (κ1) is 20.4. The number of hydrogen-bond acceptors (Lipinski definition) is 5. The van der Waals surface area contributed by atoms with Crippen molar-refractivity contribution < 1.29 is 4.79 Å². The van der Waals surface area contributed by atoms with Crippen LogP contribution < -0.4 is 0 Å². The van der Waals surface area contributed by atoms with Crippen molar-refractivity contribution in [2.24, 2.45) is 7.05 Å². The molecule has 2 aliphatic carbocycles. The summed E-state index contributed by atoms with van der Waals surface area (Å²) in [6.07, 6.45) is 15.8. The summed E-state index contributed by atoms with van der Waals surface area (Å²) in [6.45, 7) is 0. The Morgan fingerprint density at radius 3 is 2.17 bits per heavy atom. The van der Waals surface area contributed by atoms with Gasteiger partial charge in [0.2, 0.25) is 5.91 Å². The summed E-state index contributed by atoms with van der Waals surface area (Å²) >= 11 is 1.51. The highest BCUT2D eigenvalue weighted by atomic mass is 32.2. The van der Waals surface area contributed by atoms with Gasteiger partial charge in [-0.05, 0) is 37.8 Å². The summed E-state index contributed by atoms with van der Waals surface area (Å²) in [6, 6.07) is 4.73. The molecule has 2 heterocycles. The molecule has 0 N–H and O–H groups in total. The Morgan fingerprint density at radius 2 is 1.59 bits per heavy atom. The molecule has 0 aromatic carbocycles. The van der Waals surface area contributed by atoms with Gasteiger partial charge in [0.25, 0.3) is 0 Å². The van der Waals surface area contributed by atoms with E-state index in [1.807, 2.05) is 23.7 Å². The van der Waals surface area contributed by atoms with E-state index in [0.717, 1.165) is 16.5 Å². The van der Waals surface area contributed by atoms with Crippen molar-refractivity contribution in [3.8, 4) is 11.4 Å². The second-order valence-corrected chi connectivity index (χ2v) is 9.22. The molecule has 1 amide bonds. The third kappa shape index (κ3) is 4.82. The fourth-order valence-corrected chi connectivity index (χ4v) is 5.60. The van der Waals surface area contributed by atoms with Gasteiger partial charge in [0.1, 0.15) is 0 Å². The number of amides is 1. The third-order valence-corrected chi connectivity index (χ3v) is 7.33. The Morgan fingerprint density at radius 1 is 1.00 bits per heavy atom. The second-order valence-electron chi connectivity index (χ2n) is 8.27. The summed E-state index contributed by atoms with van der Waals surface area (Å²) in [4.78, 5) is 19.7. The predicted octanol–water partition coefficient (Wildman–Crippen LogP) is 4.46. The quantitative estimate of drug-likeness (QED) is 0.654. The molecule has 0 atom stereocenters. The van der Waals surface area contributed by atoms with E-state index in [-0.39, 0.29) is 5.91 Å². The predicted molar refractivity (Wildman–Crippen MR) is 116 cm³/mol. The van der Waals surface area contributed by atoms with Crippen LogP contribution in [0, 0.1) is 0 Å². The van der Waals surface area contributed by atoms with Gasteiger partial charge in [0.05, 0.1) is 5.75 Å². The van der Waals surface area contributed by atoms with Gasteiger partial charge in [-0.3, -0.25) is 9.78 Å². The average molecular weight is 414 g/mol. The molecular weight excluding hydrogens is 382 g/mol. The number of carbonyl (C=O) groups is 1. The molecule has 0 saturated heterocycles. The van der Waals surface area contributed by atoms with Crippen LogP contribution >= 0.6 is 11.8 Å². The van der Waals surface area contributed by atoms with Crippen molar-refractivity contribution in [3.63, 3.8) is 0 Å². The number of hydrogen-bond donors (Lipinski definition) is 0. The zero-order chi connectivity index (χ0) is 20.1. The van der Waals surface area contributed by atoms with E-state index in [2.05, 4.69) is 20.1 Å². The maximum absolute atomic E-state index is 13.3. The highest BCUT2D eigenvalue weighted by Crippen LogP contribution is 2.31. The maximum atomic E-state index is 13.3. The summed E-state index contributed by atoms with van der Waals surface area (Å²) in [5.74, 6) is 1.52. The first-order valence-corrected chi connectivity index (χ1v) is 12.0. The Bertz CT molecular complexity index is 779. The first-order chi connectivity index (χ1) is 14.2. The lowest BCUT2D eigenvalue weighted by molar-refractivity contribution is -0.135. The van der Waals surface area contributed by atoms with Gasteiger partial charge in [-0.25, -0.2) is 0 Å². The molecule has 0 spiro atoms. The summed E-state index contributed by atoms with van der Waals surface area (Å²) < 4.78 is 1.97. The normalized spacial score (nSPS) is 18.7. The average Bonchev–Trinajstić information content (AvgIpc) is 3.15. The molecular formula is C22H31N5OS. The molecule has 4 rings (SSSR count). The van der Waals surface area contributed by atoms with Crippen LogP contribution in [0.3, 0.4) is 0 Å². The molecule has 6 nitrogen and oxygen atoms in total. The van der Waals surface area contributed by atoms with Gasteiger partial charge in [-0.1, -0.05) is 50.3 Å². The highest BCUT2D eigenvalue weighted by molar-refractivity contribution is 7.99. The molecule has 2 aromatic heterocycles. The molecule has 7 heteroatoms. The van der Waals surface area contributed by atoms with Crippen LogP contribution in [-0.2, 0) is 11.8 Å². The van der Waals surface area contributed by atoms with Gasteiger partial charge < -0.3 is 9.47 Å². The minimum Gasteiger partial charge on any atom is -0.336 e. The number of thioether (sulfide) groups is 1. The molecule has 0 aliphatic heterocycles. The van der Waals surface area contributed by atoms with Crippen LogP contribution in [0.15, 0.2) is 29.7 Å². The minimum absolute atomic E-state index is 0.280. The number of rotatable bonds is 6. The van der Waals surface area contributed by atoms with E-state index in [9.17, 15) is 4.79 Å². The van der Waals surface area contributed by atoms with Crippen molar-refractivity contribution in [2.45, 2.75) is 81.4 Å². The first-order valence-electron chi connectivity index (χ1n) is 11.0. The monoisotopic (exact) mass is 413 g/mol. The van der Waals surface area contributed by atoms with Crippen molar-refractivity contribution >= 4 is 17.7 Å². The Labute approximate surface area is 177 Å². The van der Waals surface area contributed by atoms with Crippen LogP contribution in [0.25, 0.3) is 11.4 Å². The van der Waals surface area contributed by atoms with Crippen LogP contribution in [0.4, 0.5) is 0 Å². The molecule has 2 saturated carbocycles. The highest BCUT2D eigenvalue weighted by Gasteiger charge is 2.32. The Balaban J connectivity index is 1.44. The van der Waals surface area contributed by atoms with Gasteiger partial charge in [-0.15, -0.1) is 10.2 Å². The van der Waals surface area contributed by atoms with Crippen molar-refractivity contribution in [2.75, 3.05) is 5.75 Å². The molecule has 0 radical (unpaired) electrons. The lowest BCUT2D eigenvalue weighted by atomic mass is 9.88. The van der Waals surface area contributed by atoms with Crippen molar-refractivity contribution in [1.29, 1.82) is 0 Å². The zero-order valence-corrected chi connectivity index (χ0v) is 18.1. The van der Waals surface area contributed by atoms with Gasteiger partial charge in [0, 0.05) is 37.1 Å². The van der Waals surface area contributed by atoms with Crippen LogP contribution in [0.2, 0.25) is 0 Å². The number of nitrogens with zero attached hydrogens (tertiary/aromatic N) is 5. The topological polar surface area (TPSA) is 63.9 Å². The summed E-state index contributed by atoms with van der Waals surface area (Å²) in [7, 11) is 1.96. The summed E-state index contributed by atoms with van der Waals surface area (Å²) in [5.41, 5.74) is 0.985. The Hall–Kier alpha value is -1.89. The molecule has 2 aliphatic rings. The lowest BCUT2D eigenvalue weighted by Gasteiger charge is -2.41. The standard InChI is InChI=1S/C22H31N5OS/c1-26-21(17-12-14-23-15-13-17)24-25-22(26)29-16-20(28)27(18-8-4-2-5-9-18)19-10-6-3-7-11-19/h12-15,18-19H,2-11,16H2,1H3. The minimum atomic E-state index is 0.280. The molecule has 2 fully saturated rings. The van der Waals surface area contributed by atoms with Crippen LogP contribution in [0.1, 0.15) is 64.2 Å². The van der Waals surface area contributed by atoms with Gasteiger partial charge in [0.15, 0.2) is 11.0 Å². The molecule has 156 valence electrons. The number of carbonyl (C=O) groups excluding carboxylic acids is 1. The number of pyridine rings is 1. The molecule has 0 bridgehead atoms. The van der Waals surface area contributed by atoms with Gasteiger partial charge in [-0.2, -0.15) is 0 Å². The Kier molecular flexibility index (Phi) is 6.85. The largest absolute Gasteiger partial charge is 0.336 e. The van der Waals surface area contributed by atoms with E-state index in [0.29, 0.717) is 17.8 Å². The van der Waals surface area contributed by atoms with E-state index >= 15 is 0 Å². The van der Waals surface area contributed by atoms with Gasteiger partial charge >= 0.3 is 0 Å². The number of aromatic nitrogens is 4. The third-order valence-electron chi connectivity index (χ3n) is 6.32. The van der Waals surface area contributed by atoms with E-state index in [1.165, 1.54) is 76.0 Å². The smallest absolute Gasteiger partial charge is 0.233 e. The molecule has 2 aromatic rings. The van der Waals surface area contributed by atoms with Crippen molar-refractivity contribution in [1.82, 2.24) is 24.6 Å². The molecule has 29 heavy (non-hydrogen) atoms. The van der Waals surface area contributed by atoms with Crippen LogP contribution in [0.5, 0.6) is 0 Å². The molecule has 0 unspecified atom stereocenters. The fraction of sp³-hybridized carbons (Fsp3) is 0.636. The summed E-state index contributed by atoms with van der Waals surface area (Å²) in [5, 5.41) is 9.45. The maximum Gasteiger partial charge on any atom is 0.233 e. The fourth-order valence-electron chi connectivity index (χ4n) is 4.82. The van der Waals surface area contributed by atoms with E-state index in [1.54, 1.807) is 12.4 Å². The lowest BCUT2D eigenvalue weighted by Crippen LogP contribution is -2.49. The van der Waals surface area contributed by atoms with Crippen molar-refractivity contribution in [3.05, 3.63) is 24.5 Å². The van der Waals surface area contributed by atoms with E-state index < -0.39 is 0 Å².